The van der Waals surface area contributed by atoms with Crippen molar-refractivity contribution in [1.82, 2.24) is 0 Å². The van der Waals surface area contributed by atoms with Gasteiger partial charge in [0, 0.05) is 0 Å². The van der Waals surface area contributed by atoms with Crippen molar-refractivity contribution in [2.75, 3.05) is 0 Å². The molecular formula is C15H12FNO3. The van der Waals surface area contributed by atoms with Crippen molar-refractivity contribution in [3.63, 3.8) is 0 Å². The average molecular weight is 273 g/mol. The van der Waals surface area contributed by atoms with Crippen molar-refractivity contribution in [3.8, 4) is 5.75 Å². The Morgan fingerprint density at radius 1 is 1.30 bits per heavy atom. The van der Waals surface area contributed by atoms with Crippen molar-refractivity contribution in [1.29, 1.82) is 0 Å². The smallest absolute Gasteiger partial charge is 0.335 e. The molecule has 0 aromatic heterocycles. The fourth-order valence-corrected chi connectivity index (χ4v) is 1.67. The molecule has 102 valence electrons. The van der Waals surface area contributed by atoms with E-state index in [-0.39, 0.29) is 11.4 Å². The Morgan fingerprint density at radius 2 is 2.10 bits per heavy atom. The van der Waals surface area contributed by atoms with E-state index in [9.17, 15) is 9.18 Å². The highest BCUT2D eigenvalue weighted by atomic mass is 19.1. The number of nitrogens with zero attached hydrogens (tertiary/aromatic N) is 1. The Bertz CT molecular complexity index is 648. The first-order valence-corrected chi connectivity index (χ1v) is 5.85. The molecule has 4 nitrogen and oxygen atoms in total. The number of aryl methyl sites for hydroxylation is 1. The topological polar surface area (TPSA) is 58.9 Å². The number of carbonyl (C=O) groups is 1. The van der Waals surface area contributed by atoms with Gasteiger partial charge in [0.2, 0.25) is 0 Å². The van der Waals surface area contributed by atoms with Crippen LogP contribution in [-0.4, -0.2) is 17.3 Å². The Balaban J connectivity index is 2.09. The summed E-state index contributed by atoms with van der Waals surface area (Å²) in [6.45, 7) is 1.78. The predicted molar refractivity (Wildman–Crippen MR) is 72.8 cm³/mol. The molecule has 2 rings (SSSR count). The van der Waals surface area contributed by atoms with Gasteiger partial charge in [0.25, 0.3) is 0 Å². The van der Waals surface area contributed by atoms with Gasteiger partial charge < -0.3 is 9.94 Å². The first kappa shape index (κ1) is 13.7. The highest BCUT2D eigenvalue weighted by Crippen LogP contribution is 2.13. The minimum Gasteiger partial charge on any atom is -0.478 e. The first-order valence-electron chi connectivity index (χ1n) is 5.85. The van der Waals surface area contributed by atoms with Gasteiger partial charge in [-0.15, -0.1) is 0 Å². The van der Waals surface area contributed by atoms with Crippen LogP contribution in [0.3, 0.4) is 0 Å². The largest absolute Gasteiger partial charge is 0.478 e. The number of carboxylic acids is 1. The summed E-state index contributed by atoms with van der Waals surface area (Å²) < 4.78 is 13.2. The zero-order chi connectivity index (χ0) is 14.5. The summed E-state index contributed by atoms with van der Waals surface area (Å²) in [7, 11) is 0. The highest BCUT2D eigenvalue weighted by molar-refractivity contribution is 5.88. The fourth-order valence-electron chi connectivity index (χ4n) is 1.67. The zero-order valence-electron chi connectivity index (χ0n) is 10.7. The van der Waals surface area contributed by atoms with E-state index in [0.29, 0.717) is 11.3 Å². The maximum atomic E-state index is 13.2. The molecule has 0 aliphatic heterocycles. The van der Waals surface area contributed by atoms with Gasteiger partial charge in [0.1, 0.15) is 5.82 Å². The molecular weight excluding hydrogens is 261 g/mol. The Kier molecular flexibility index (Phi) is 4.10. The van der Waals surface area contributed by atoms with E-state index in [1.807, 2.05) is 0 Å². The molecule has 0 saturated heterocycles. The number of halogens is 1. The molecule has 20 heavy (non-hydrogen) atoms. The summed E-state index contributed by atoms with van der Waals surface area (Å²) in [6, 6.07) is 10.4. The van der Waals surface area contributed by atoms with Crippen LogP contribution in [0.1, 0.15) is 21.5 Å². The normalized spacial score (nSPS) is 10.7. The van der Waals surface area contributed by atoms with E-state index in [0.717, 1.165) is 5.56 Å². The van der Waals surface area contributed by atoms with Crippen LogP contribution in [0.25, 0.3) is 0 Å². The predicted octanol–water partition coefficient (Wildman–Crippen LogP) is 3.25. The van der Waals surface area contributed by atoms with Crippen molar-refractivity contribution in [2.45, 2.75) is 6.92 Å². The molecule has 0 aliphatic rings. The maximum Gasteiger partial charge on any atom is 0.335 e. The number of rotatable bonds is 4. The van der Waals surface area contributed by atoms with Crippen LogP contribution in [0, 0.1) is 12.7 Å². The number of oxime groups is 1. The molecule has 0 aliphatic carbocycles. The molecule has 0 radical (unpaired) electrons. The van der Waals surface area contributed by atoms with Gasteiger partial charge in [-0.25, -0.2) is 9.18 Å². The molecule has 0 spiro atoms. The van der Waals surface area contributed by atoms with E-state index in [1.165, 1.54) is 30.5 Å². The molecule has 0 bridgehead atoms. The lowest BCUT2D eigenvalue weighted by Gasteiger charge is -2.00. The van der Waals surface area contributed by atoms with E-state index in [2.05, 4.69) is 5.16 Å². The number of hydrogen-bond acceptors (Lipinski definition) is 3. The first-order chi connectivity index (χ1) is 9.54. The number of aromatic carboxylic acids is 1. The summed E-state index contributed by atoms with van der Waals surface area (Å²) in [5.74, 6) is -1.09. The van der Waals surface area contributed by atoms with Crippen molar-refractivity contribution >= 4 is 12.2 Å². The molecule has 5 heteroatoms. The quantitative estimate of drug-likeness (QED) is 0.687. The van der Waals surface area contributed by atoms with Gasteiger partial charge in [0.05, 0.1) is 11.8 Å². The molecule has 0 saturated carbocycles. The summed E-state index contributed by atoms with van der Waals surface area (Å²) in [5, 5.41) is 12.5. The molecule has 2 aromatic carbocycles. The maximum absolute atomic E-state index is 13.2. The lowest BCUT2D eigenvalue weighted by atomic mass is 10.1. The lowest BCUT2D eigenvalue weighted by molar-refractivity contribution is 0.0696. The summed E-state index contributed by atoms with van der Waals surface area (Å²) in [6.07, 6.45) is 1.36. The Labute approximate surface area is 115 Å². The minimum absolute atomic E-state index is 0.110. The standard InChI is InChI=1S/C15H12FNO3/c1-10-5-11(7-13(16)6-10)9-17-20-14-4-2-3-12(8-14)15(18)19/h2-9H,1H3,(H,18,19)/b17-9-. The van der Waals surface area contributed by atoms with E-state index >= 15 is 0 Å². The minimum atomic E-state index is -1.04. The van der Waals surface area contributed by atoms with Gasteiger partial charge in [-0.2, -0.15) is 0 Å². The van der Waals surface area contributed by atoms with E-state index in [4.69, 9.17) is 9.94 Å². The van der Waals surface area contributed by atoms with Crippen LogP contribution in [0.2, 0.25) is 0 Å². The monoisotopic (exact) mass is 273 g/mol. The molecule has 1 N–H and O–H groups in total. The summed E-state index contributed by atoms with van der Waals surface area (Å²) in [5.41, 5.74) is 1.45. The van der Waals surface area contributed by atoms with Crippen LogP contribution in [0.15, 0.2) is 47.6 Å². The van der Waals surface area contributed by atoms with Crippen LogP contribution in [0.5, 0.6) is 5.75 Å². The summed E-state index contributed by atoms with van der Waals surface area (Å²) >= 11 is 0. The lowest BCUT2D eigenvalue weighted by Crippen LogP contribution is -1.96. The molecule has 0 unspecified atom stereocenters. The molecule has 0 fully saturated rings. The number of hydrogen-bond donors (Lipinski definition) is 1. The second-order valence-corrected chi connectivity index (χ2v) is 4.22. The molecule has 2 aromatic rings. The van der Waals surface area contributed by atoms with E-state index < -0.39 is 5.97 Å². The van der Waals surface area contributed by atoms with Gasteiger partial charge in [0.15, 0.2) is 5.75 Å². The van der Waals surface area contributed by atoms with Crippen LogP contribution in [0.4, 0.5) is 4.39 Å². The average Bonchev–Trinajstić information content (AvgIpc) is 2.38. The molecule has 0 amide bonds. The molecule has 0 heterocycles. The highest BCUT2D eigenvalue weighted by Gasteiger charge is 2.03. The Morgan fingerprint density at radius 3 is 2.80 bits per heavy atom. The third-order valence-corrected chi connectivity index (χ3v) is 2.51. The van der Waals surface area contributed by atoms with Crippen LogP contribution < -0.4 is 4.84 Å². The SMILES string of the molecule is Cc1cc(F)cc(/C=N\Oc2cccc(C(=O)O)c2)c1. The summed E-state index contributed by atoms with van der Waals surface area (Å²) in [4.78, 5) is 15.9. The van der Waals surface area contributed by atoms with Gasteiger partial charge in [-0.05, 0) is 48.4 Å². The number of carboxylic acid groups (broad SMARTS) is 1. The van der Waals surface area contributed by atoms with Gasteiger partial charge >= 0.3 is 5.97 Å². The third kappa shape index (κ3) is 3.65. The second-order valence-electron chi connectivity index (χ2n) is 4.22. The Hall–Kier alpha value is -2.69. The van der Waals surface area contributed by atoms with Crippen molar-refractivity contribution in [2.24, 2.45) is 5.16 Å². The number of benzene rings is 2. The molecule has 0 atom stereocenters. The zero-order valence-corrected chi connectivity index (χ0v) is 10.7. The van der Waals surface area contributed by atoms with Crippen LogP contribution >= 0.6 is 0 Å². The van der Waals surface area contributed by atoms with Crippen LogP contribution in [-0.2, 0) is 0 Å². The fraction of sp³-hybridized carbons (Fsp3) is 0.0667. The van der Waals surface area contributed by atoms with Gasteiger partial charge in [-0.1, -0.05) is 17.3 Å². The van der Waals surface area contributed by atoms with E-state index in [1.54, 1.807) is 25.1 Å². The second kappa shape index (κ2) is 5.97. The van der Waals surface area contributed by atoms with Crippen molar-refractivity contribution < 1.29 is 19.1 Å². The van der Waals surface area contributed by atoms with Gasteiger partial charge in [-0.3, -0.25) is 0 Å². The third-order valence-electron chi connectivity index (χ3n) is 2.51. The van der Waals surface area contributed by atoms with Crippen molar-refractivity contribution in [3.05, 3.63) is 65.0 Å².